The van der Waals surface area contributed by atoms with Crippen molar-refractivity contribution in [2.24, 2.45) is 0 Å². The molecule has 5 rings (SSSR count). The molecule has 7 heteroatoms. The molecular weight excluding hydrogens is 486 g/mol. The topological polar surface area (TPSA) is 74.7 Å². The zero-order valence-corrected chi connectivity index (χ0v) is 22.6. The third-order valence-corrected chi connectivity index (χ3v) is 8.66. The molecule has 0 saturated heterocycles. The van der Waals surface area contributed by atoms with Crippen LogP contribution in [0.25, 0.3) is 22.0 Å². The Hall–Kier alpha value is -2.83. The van der Waals surface area contributed by atoms with Crippen LogP contribution in [0.2, 0.25) is 5.02 Å². The van der Waals surface area contributed by atoms with Crippen LogP contribution < -0.4 is 10.1 Å². The molecule has 1 heterocycles. The van der Waals surface area contributed by atoms with Gasteiger partial charge in [-0.05, 0) is 87.0 Å². The number of phenols is 1. The Morgan fingerprint density at radius 3 is 2.49 bits per heavy atom. The van der Waals surface area contributed by atoms with Crippen LogP contribution in [0, 0.1) is 0 Å². The molecule has 0 unspecified atom stereocenters. The molecule has 0 spiro atoms. The number of carbonyl (C=O) groups excluding carboxylic acids is 1. The number of hydrogen-bond acceptors (Lipinski definition) is 6. The van der Waals surface area contributed by atoms with Crippen molar-refractivity contribution in [1.82, 2.24) is 9.88 Å². The van der Waals surface area contributed by atoms with Gasteiger partial charge in [0.1, 0.15) is 6.29 Å². The summed E-state index contributed by atoms with van der Waals surface area (Å²) >= 11 is 6.30. The zero-order chi connectivity index (χ0) is 26.2. The molecule has 0 atom stereocenters. The van der Waals surface area contributed by atoms with E-state index in [0.717, 1.165) is 78.3 Å². The number of fused-ring (bicyclic) bond motifs is 1. The highest BCUT2D eigenvalue weighted by molar-refractivity contribution is 6.32. The van der Waals surface area contributed by atoms with E-state index in [2.05, 4.69) is 30.1 Å². The largest absolute Gasteiger partial charge is 0.503 e. The lowest BCUT2D eigenvalue weighted by Gasteiger charge is -2.37. The molecule has 6 nitrogen and oxygen atoms in total. The molecule has 3 aromatic rings. The van der Waals surface area contributed by atoms with Gasteiger partial charge >= 0.3 is 0 Å². The monoisotopic (exact) mass is 521 g/mol. The van der Waals surface area contributed by atoms with Crippen LogP contribution in [-0.2, 0) is 10.2 Å². The van der Waals surface area contributed by atoms with Gasteiger partial charge in [0.15, 0.2) is 11.5 Å². The molecule has 37 heavy (non-hydrogen) atoms. The van der Waals surface area contributed by atoms with Gasteiger partial charge in [-0.15, -0.1) is 0 Å². The fourth-order valence-corrected chi connectivity index (χ4v) is 6.13. The summed E-state index contributed by atoms with van der Waals surface area (Å²) in [6.07, 6.45) is 9.27. The highest BCUT2D eigenvalue weighted by Gasteiger charge is 2.46. The Bertz CT molecular complexity index is 1290. The summed E-state index contributed by atoms with van der Waals surface area (Å²) in [5, 5.41) is 15.3. The lowest BCUT2D eigenvalue weighted by molar-refractivity contribution is -0.109. The van der Waals surface area contributed by atoms with E-state index < -0.39 is 5.41 Å². The quantitative estimate of drug-likeness (QED) is 0.310. The fraction of sp³-hybridized carbons (Fsp3) is 0.467. The summed E-state index contributed by atoms with van der Waals surface area (Å²) in [7, 11) is 1.51. The summed E-state index contributed by atoms with van der Waals surface area (Å²) in [5.41, 5.74) is 4.25. The normalized spacial score (nSPS) is 20.7. The van der Waals surface area contributed by atoms with E-state index in [0.29, 0.717) is 17.8 Å². The van der Waals surface area contributed by atoms with Gasteiger partial charge in [-0.3, -0.25) is 4.98 Å². The highest BCUT2D eigenvalue weighted by atomic mass is 35.5. The average molecular weight is 522 g/mol. The number of phenolic OH excluding ortho intramolecular Hbond substituents is 1. The fourth-order valence-electron chi connectivity index (χ4n) is 5.92. The van der Waals surface area contributed by atoms with Gasteiger partial charge in [0.25, 0.3) is 0 Å². The molecule has 0 radical (unpaired) electrons. The highest BCUT2D eigenvalue weighted by Crippen LogP contribution is 2.51. The van der Waals surface area contributed by atoms with E-state index >= 15 is 0 Å². The molecule has 2 saturated carbocycles. The van der Waals surface area contributed by atoms with Crippen molar-refractivity contribution in [3.05, 3.63) is 47.1 Å². The maximum absolute atomic E-state index is 12.2. The number of carbonyl (C=O) groups is 1. The van der Waals surface area contributed by atoms with E-state index in [4.69, 9.17) is 21.3 Å². The number of anilines is 1. The molecule has 0 amide bonds. The van der Waals surface area contributed by atoms with Gasteiger partial charge in [0.05, 0.1) is 23.1 Å². The summed E-state index contributed by atoms with van der Waals surface area (Å²) in [4.78, 5) is 19.5. The average Bonchev–Trinajstić information content (AvgIpc) is 3.73. The number of methoxy groups -OCH3 is 1. The number of aromatic hydroxyl groups is 1. The van der Waals surface area contributed by atoms with Crippen LogP contribution in [0.4, 0.5) is 5.69 Å². The van der Waals surface area contributed by atoms with E-state index in [9.17, 15) is 9.90 Å². The van der Waals surface area contributed by atoms with Crippen molar-refractivity contribution in [3.63, 3.8) is 0 Å². The first kappa shape index (κ1) is 25.8. The van der Waals surface area contributed by atoms with E-state index in [1.807, 2.05) is 18.3 Å². The predicted molar refractivity (Wildman–Crippen MR) is 150 cm³/mol. The summed E-state index contributed by atoms with van der Waals surface area (Å²) in [6.45, 7) is 6.67. The number of benzene rings is 2. The molecule has 2 aromatic carbocycles. The van der Waals surface area contributed by atoms with Crippen molar-refractivity contribution in [2.75, 3.05) is 25.5 Å². The van der Waals surface area contributed by atoms with Gasteiger partial charge in [-0.1, -0.05) is 31.5 Å². The standard InChI is InChI=1S/C30H36ClN3O3/c1-4-34(5-2)22-9-7-21(8-10-22)33-28-23-14-19(20-15-25(31)29(36)27(16-20)37-3)6-11-26(23)32-17-24(28)30(18-35)12-13-30/h6,11,14-18,21-22,36H,4-5,7-10,12-13H2,1-3H3,(H,32,33). The number of pyridine rings is 1. The second kappa shape index (κ2) is 10.5. The van der Waals surface area contributed by atoms with Crippen molar-refractivity contribution in [2.45, 2.75) is 69.9 Å². The van der Waals surface area contributed by atoms with E-state index in [-0.39, 0.29) is 10.8 Å². The first-order valence-electron chi connectivity index (χ1n) is 13.4. The number of aromatic nitrogens is 1. The minimum absolute atomic E-state index is 0.0676. The molecule has 2 aliphatic rings. The van der Waals surface area contributed by atoms with Crippen LogP contribution in [0.3, 0.4) is 0 Å². The van der Waals surface area contributed by atoms with Crippen molar-refractivity contribution in [3.8, 4) is 22.6 Å². The molecule has 0 bridgehead atoms. The lowest BCUT2D eigenvalue weighted by Crippen LogP contribution is -2.40. The number of hydrogen-bond donors (Lipinski definition) is 2. The van der Waals surface area contributed by atoms with Gasteiger partial charge in [0.2, 0.25) is 0 Å². The minimum atomic E-state index is -0.441. The van der Waals surface area contributed by atoms with Crippen LogP contribution in [0.15, 0.2) is 36.5 Å². The summed E-state index contributed by atoms with van der Waals surface area (Å²) < 4.78 is 5.33. The van der Waals surface area contributed by atoms with Gasteiger partial charge in [-0.2, -0.15) is 0 Å². The Balaban J connectivity index is 1.54. The van der Waals surface area contributed by atoms with Crippen LogP contribution in [-0.4, -0.2) is 53.6 Å². The van der Waals surface area contributed by atoms with E-state index in [1.54, 1.807) is 12.1 Å². The smallest absolute Gasteiger partial charge is 0.176 e. The molecule has 2 aliphatic carbocycles. The number of nitrogens with zero attached hydrogens (tertiary/aromatic N) is 2. The minimum Gasteiger partial charge on any atom is -0.503 e. The van der Waals surface area contributed by atoms with Crippen molar-refractivity contribution >= 4 is 34.5 Å². The number of halogens is 1. The third-order valence-electron chi connectivity index (χ3n) is 8.37. The van der Waals surface area contributed by atoms with Crippen molar-refractivity contribution in [1.29, 1.82) is 0 Å². The van der Waals surface area contributed by atoms with Gasteiger partial charge in [0, 0.05) is 34.9 Å². The Kier molecular flexibility index (Phi) is 7.32. The van der Waals surface area contributed by atoms with E-state index in [1.165, 1.54) is 20.0 Å². The second-order valence-electron chi connectivity index (χ2n) is 10.4. The molecule has 196 valence electrons. The number of nitrogens with one attached hydrogen (secondary N) is 1. The Labute approximate surface area is 224 Å². The Morgan fingerprint density at radius 1 is 1.14 bits per heavy atom. The molecule has 0 aliphatic heterocycles. The van der Waals surface area contributed by atoms with Crippen LogP contribution in [0.5, 0.6) is 11.5 Å². The maximum atomic E-state index is 12.2. The molecule has 2 fully saturated rings. The number of ether oxygens (including phenoxy) is 1. The van der Waals surface area contributed by atoms with Crippen LogP contribution >= 0.6 is 11.6 Å². The molecule has 1 aromatic heterocycles. The predicted octanol–water partition coefficient (Wildman–Crippen LogP) is 6.56. The Morgan fingerprint density at radius 2 is 1.86 bits per heavy atom. The first-order chi connectivity index (χ1) is 17.9. The van der Waals surface area contributed by atoms with Gasteiger partial charge < -0.3 is 24.9 Å². The lowest BCUT2D eigenvalue weighted by atomic mass is 9.88. The third kappa shape index (κ3) is 4.89. The molecular formula is C30H36ClN3O3. The summed E-state index contributed by atoms with van der Waals surface area (Å²) in [5.74, 6) is 0.262. The number of aldehydes is 1. The molecule has 2 N–H and O–H groups in total. The zero-order valence-electron chi connectivity index (χ0n) is 21.9. The second-order valence-corrected chi connectivity index (χ2v) is 10.8. The SMILES string of the molecule is CCN(CC)C1CCC(Nc2c(C3(C=O)CC3)cnc3ccc(-c4cc(Cl)c(O)c(OC)c4)cc23)CC1. The first-order valence-corrected chi connectivity index (χ1v) is 13.8. The maximum Gasteiger partial charge on any atom is 0.176 e. The number of rotatable bonds is 9. The van der Waals surface area contributed by atoms with Crippen LogP contribution in [0.1, 0.15) is 57.9 Å². The van der Waals surface area contributed by atoms with Gasteiger partial charge in [-0.25, -0.2) is 0 Å². The van der Waals surface area contributed by atoms with Crippen molar-refractivity contribution < 1.29 is 14.6 Å². The summed E-state index contributed by atoms with van der Waals surface area (Å²) in [6, 6.07) is 10.6.